The fraction of sp³-hybridized carbons (Fsp3) is 0.381. The van der Waals surface area contributed by atoms with Crippen molar-refractivity contribution in [3.63, 3.8) is 0 Å². The van der Waals surface area contributed by atoms with E-state index in [1.54, 1.807) is 24.7 Å². The summed E-state index contributed by atoms with van der Waals surface area (Å²) < 4.78 is 44.3. The van der Waals surface area contributed by atoms with Gasteiger partial charge in [0.25, 0.3) is 10.0 Å². The molecular weight excluding hydrogens is 391 g/mol. The van der Waals surface area contributed by atoms with Crippen molar-refractivity contribution in [2.24, 2.45) is 0 Å². The summed E-state index contributed by atoms with van der Waals surface area (Å²) in [4.78, 5) is 2.40. The summed E-state index contributed by atoms with van der Waals surface area (Å²) in [5.74, 6) is -0.381. The van der Waals surface area contributed by atoms with Crippen molar-refractivity contribution in [3.8, 4) is 0 Å². The number of fused-ring (bicyclic) bond motifs is 1. The number of rotatable bonds is 4. The monoisotopic (exact) mass is 416 g/mol. The molecule has 0 atom stereocenters. The molecule has 0 N–H and O–H groups in total. The van der Waals surface area contributed by atoms with E-state index >= 15 is 0 Å². The molecule has 1 aliphatic heterocycles. The highest BCUT2D eigenvalue weighted by atomic mass is 32.2. The van der Waals surface area contributed by atoms with Gasteiger partial charge in [0, 0.05) is 36.8 Å². The zero-order valence-corrected chi connectivity index (χ0v) is 17.9. The maximum Gasteiger partial charge on any atom is 0.271 e. The minimum absolute atomic E-state index is 0.212. The lowest BCUT2D eigenvalue weighted by molar-refractivity contribution is 0.370. The van der Waals surface area contributed by atoms with Crippen LogP contribution in [0.1, 0.15) is 30.3 Å². The molecule has 1 aliphatic rings. The fourth-order valence-corrected chi connectivity index (χ4v) is 5.85. The molecule has 29 heavy (non-hydrogen) atoms. The van der Waals surface area contributed by atoms with Gasteiger partial charge in [0.1, 0.15) is 10.7 Å². The Morgan fingerprint density at radius 1 is 1.24 bits per heavy atom. The van der Waals surface area contributed by atoms with E-state index in [9.17, 15) is 12.8 Å². The molecule has 3 heterocycles. The summed E-state index contributed by atoms with van der Waals surface area (Å²) in [5, 5.41) is 4.98. The van der Waals surface area contributed by atoms with E-state index in [0.717, 1.165) is 30.6 Å². The molecule has 0 amide bonds. The van der Waals surface area contributed by atoms with Crippen LogP contribution in [0.4, 0.5) is 4.39 Å². The van der Waals surface area contributed by atoms with Gasteiger partial charge in [-0.3, -0.25) is 4.68 Å². The van der Waals surface area contributed by atoms with Crippen LogP contribution in [-0.2, 0) is 16.6 Å². The van der Waals surface area contributed by atoms with Crippen LogP contribution < -0.4 is 0 Å². The number of benzene rings is 1. The van der Waals surface area contributed by atoms with E-state index in [4.69, 9.17) is 0 Å². The Bertz CT molecular complexity index is 1240. The predicted octanol–water partition coefficient (Wildman–Crippen LogP) is 3.57. The minimum atomic E-state index is -3.88. The molecule has 6 nitrogen and oxygen atoms in total. The van der Waals surface area contributed by atoms with Crippen LogP contribution in [0, 0.1) is 19.7 Å². The van der Waals surface area contributed by atoms with Crippen LogP contribution in [-0.4, -0.2) is 47.2 Å². The Hall–Kier alpha value is -2.45. The number of aryl methyl sites for hydroxylation is 2. The van der Waals surface area contributed by atoms with E-state index in [-0.39, 0.29) is 10.7 Å². The van der Waals surface area contributed by atoms with Gasteiger partial charge in [-0.05, 0) is 58.0 Å². The van der Waals surface area contributed by atoms with Crippen molar-refractivity contribution in [2.75, 3.05) is 20.1 Å². The highest BCUT2D eigenvalue weighted by Gasteiger charge is 2.29. The lowest BCUT2D eigenvalue weighted by Gasteiger charge is -2.21. The van der Waals surface area contributed by atoms with E-state index in [1.165, 1.54) is 22.2 Å². The third-order valence-electron chi connectivity index (χ3n) is 5.62. The SMILES string of the molecule is CCn1nc(C)c(S(=O)(=O)n2cc(C3=CCN(C)CC3)c3cc(F)ccc32)c1C. The first-order valence-electron chi connectivity index (χ1n) is 9.72. The quantitative estimate of drug-likeness (QED) is 0.652. The summed E-state index contributed by atoms with van der Waals surface area (Å²) in [5.41, 5.74) is 3.37. The summed E-state index contributed by atoms with van der Waals surface area (Å²) in [7, 11) is -1.85. The van der Waals surface area contributed by atoms with Crippen LogP contribution >= 0.6 is 0 Å². The van der Waals surface area contributed by atoms with Crippen molar-refractivity contribution >= 4 is 26.5 Å². The Balaban J connectivity index is 1.97. The average molecular weight is 417 g/mol. The second kappa shape index (κ2) is 7.11. The van der Waals surface area contributed by atoms with E-state index in [1.807, 2.05) is 14.0 Å². The molecule has 0 spiro atoms. The van der Waals surface area contributed by atoms with Gasteiger partial charge in [0.05, 0.1) is 16.9 Å². The molecule has 4 rings (SSSR count). The fourth-order valence-electron chi connectivity index (χ4n) is 4.10. The van der Waals surface area contributed by atoms with Gasteiger partial charge in [-0.25, -0.2) is 16.8 Å². The first-order valence-corrected chi connectivity index (χ1v) is 11.2. The second-order valence-electron chi connectivity index (χ2n) is 7.56. The molecule has 0 saturated carbocycles. The van der Waals surface area contributed by atoms with Crippen molar-refractivity contribution in [1.82, 2.24) is 18.7 Å². The number of nitrogens with zero attached hydrogens (tertiary/aromatic N) is 4. The molecule has 3 aromatic rings. The minimum Gasteiger partial charge on any atom is -0.302 e. The summed E-state index contributed by atoms with van der Waals surface area (Å²) >= 11 is 0. The van der Waals surface area contributed by atoms with Gasteiger partial charge in [-0.1, -0.05) is 6.08 Å². The van der Waals surface area contributed by atoms with Crippen LogP contribution in [0.5, 0.6) is 0 Å². The Kier molecular flexibility index (Phi) is 4.86. The lowest BCUT2D eigenvalue weighted by Crippen LogP contribution is -2.23. The summed E-state index contributed by atoms with van der Waals surface area (Å²) in [6.07, 6.45) is 4.52. The van der Waals surface area contributed by atoms with Gasteiger partial charge in [-0.15, -0.1) is 0 Å². The summed E-state index contributed by atoms with van der Waals surface area (Å²) in [6, 6.07) is 4.26. The molecule has 0 unspecified atom stereocenters. The molecule has 0 radical (unpaired) electrons. The molecular formula is C21H25FN4O2S. The molecule has 154 valence electrons. The zero-order chi connectivity index (χ0) is 20.9. The van der Waals surface area contributed by atoms with Gasteiger partial charge >= 0.3 is 0 Å². The van der Waals surface area contributed by atoms with Crippen molar-refractivity contribution < 1.29 is 12.8 Å². The summed E-state index contributed by atoms with van der Waals surface area (Å²) in [6.45, 7) is 7.65. The highest BCUT2D eigenvalue weighted by Crippen LogP contribution is 2.34. The highest BCUT2D eigenvalue weighted by molar-refractivity contribution is 7.90. The van der Waals surface area contributed by atoms with Crippen molar-refractivity contribution in [2.45, 2.75) is 38.6 Å². The van der Waals surface area contributed by atoms with Crippen molar-refractivity contribution in [3.05, 3.63) is 53.2 Å². The van der Waals surface area contributed by atoms with E-state index < -0.39 is 10.0 Å². The van der Waals surface area contributed by atoms with Gasteiger partial charge in [0.15, 0.2) is 0 Å². The van der Waals surface area contributed by atoms with E-state index in [0.29, 0.717) is 28.8 Å². The molecule has 1 aromatic carbocycles. The van der Waals surface area contributed by atoms with Crippen LogP contribution in [0.15, 0.2) is 35.4 Å². The molecule has 2 aromatic heterocycles. The number of likely N-dealkylation sites (N-methyl/N-ethyl adjacent to an activating group) is 1. The first-order chi connectivity index (χ1) is 13.7. The Labute approximate surface area is 170 Å². The normalized spacial score (nSPS) is 15.8. The topological polar surface area (TPSA) is 60.1 Å². The van der Waals surface area contributed by atoms with Crippen LogP contribution in [0.25, 0.3) is 16.5 Å². The van der Waals surface area contributed by atoms with Gasteiger partial charge < -0.3 is 4.90 Å². The maximum absolute atomic E-state index is 14.1. The lowest BCUT2D eigenvalue weighted by atomic mass is 9.99. The second-order valence-corrected chi connectivity index (χ2v) is 9.31. The van der Waals surface area contributed by atoms with Crippen LogP contribution in [0.2, 0.25) is 0 Å². The number of hydrogen-bond donors (Lipinski definition) is 0. The van der Waals surface area contributed by atoms with Crippen LogP contribution in [0.3, 0.4) is 0 Å². The molecule has 0 fully saturated rings. The number of aromatic nitrogens is 3. The van der Waals surface area contributed by atoms with Gasteiger partial charge in [-0.2, -0.15) is 5.10 Å². The maximum atomic E-state index is 14.1. The Morgan fingerprint density at radius 2 is 2.00 bits per heavy atom. The standard InChI is InChI=1S/C21H25FN4O2S/c1-5-25-15(3)21(14(2)23-25)29(27,28)26-13-19(16-8-10-24(4)11-9-16)18-12-17(22)6-7-20(18)26/h6-8,12-13H,5,9-11H2,1-4H3. The smallest absolute Gasteiger partial charge is 0.271 e. The molecule has 0 bridgehead atoms. The van der Waals surface area contributed by atoms with Gasteiger partial charge in [0.2, 0.25) is 0 Å². The zero-order valence-electron chi connectivity index (χ0n) is 17.1. The number of hydrogen-bond acceptors (Lipinski definition) is 4. The largest absolute Gasteiger partial charge is 0.302 e. The Morgan fingerprint density at radius 3 is 2.62 bits per heavy atom. The van der Waals surface area contributed by atoms with Crippen molar-refractivity contribution in [1.29, 1.82) is 0 Å². The van der Waals surface area contributed by atoms with E-state index in [2.05, 4.69) is 16.1 Å². The molecule has 8 heteroatoms. The predicted molar refractivity (Wildman–Crippen MR) is 112 cm³/mol. The third kappa shape index (κ3) is 3.20. The third-order valence-corrected chi connectivity index (χ3v) is 7.55. The first kappa shape index (κ1) is 19.8. The molecule has 0 saturated heterocycles. The number of halogens is 1. The average Bonchev–Trinajstić information content (AvgIpc) is 3.19. The molecule has 0 aliphatic carbocycles.